The van der Waals surface area contributed by atoms with Crippen molar-refractivity contribution in [3.05, 3.63) is 29.8 Å². The fourth-order valence-corrected chi connectivity index (χ4v) is 1.76. The molecule has 0 aliphatic rings. The van der Waals surface area contributed by atoms with Gasteiger partial charge in [0.2, 0.25) is 0 Å². The highest BCUT2D eigenvalue weighted by molar-refractivity contribution is 8.45. The first kappa shape index (κ1) is 13.8. The summed E-state index contributed by atoms with van der Waals surface area (Å²) in [4.78, 5) is 9.01. The number of ether oxygens (including phenoxy) is 1. The highest BCUT2D eigenvalue weighted by atomic mass is 32.5. The van der Waals surface area contributed by atoms with Gasteiger partial charge in [-0.05, 0) is 25.1 Å². The van der Waals surface area contributed by atoms with E-state index in [1.165, 1.54) is 6.92 Å². The first-order chi connectivity index (χ1) is 7.44. The zero-order valence-corrected chi connectivity index (χ0v) is 9.45. The topological polar surface area (TPSA) is 26.3 Å². The van der Waals surface area contributed by atoms with E-state index in [2.05, 4.69) is 4.74 Å². The lowest BCUT2D eigenvalue weighted by molar-refractivity contribution is 0.0526. The highest BCUT2D eigenvalue weighted by Crippen LogP contribution is 3.02. The first-order valence-corrected chi connectivity index (χ1v) is 6.40. The number of hydrogen-bond acceptors (Lipinski definition) is 2. The molecule has 0 heterocycles. The fourth-order valence-electron chi connectivity index (χ4n) is 1.08. The number of esters is 1. The maximum atomic E-state index is 12.4. The molecule has 0 fully saturated rings. The van der Waals surface area contributed by atoms with Crippen LogP contribution in [0.15, 0.2) is 29.2 Å². The summed E-state index contributed by atoms with van der Waals surface area (Å²) in [5.74, 6) is -1.07. The predicted molar refractivity (Wildman–Crippen MR) is 53.8 cm³/mol. The molecule has 1 aromatic rings. The molecular formula is C9H9F5O2S. The van der Waals surface area contributed by atoms with E-state index in [9.17, 15) is 24.2 Å². The van der Waals surface area contributed by atoms with Crippen molar-refractivity contribution in [2.24, 2.45) is 0 Å². The largest absolute Gasteiger partial charge is 0.462 e. The van der Waals surface area contributed by atoms with Gasteiger partial charge in [-0.3, -0.25) is 0 Å². The Bertz CT molecular complexity index is 453. The molecule has 17 heavy (non-hydrogen) atoms. The van der Waals surface area contributed by atoms with Crippen LogP contribution in [-0.4, -0.2) is 12.6 Å². The minimum atomic E-state index is -9.75. The van der Waals surface area contributed by atoms with Gasteiger partial charge in [0.1, 0.15) is 4.90 Å². The summed E-state index contributed by atoms with van der Waals surface area (Å²) in [7, 11) is -9.75. The van der Waals surface area contributed by atoms with Crippen molar-refractivity contribution in [3.63, 3.8) is 0 Å². The molecule has 98 valence electrons. The van der Waals surface area contributed by atoms with Gasteiger partial charge in [-0.25, -0.2) is 4.79 Å². The fraction of sp³-hybridized carbons (Fsp3) is 0.222. The number of rotatable bonds is 3. The Kier molecular flexibility index (Phi) is 2.71. The van der Waals surface area contributed by atoms with Gasteiger partial charge >= 0.3 is 16.2 Å². The van der Waals surface area contributed by atoms with Gasteiger partial charge in [0.05, 0.1) is 12.2 Å². The molecule has 0 spiro atoms. The quantitative estimate of drug-likeness (QED) is 0.599. The molecule has 0 bridgehead atoms. The van der Waals surface area contributed by atoms with Crippen molar-refractivity contribution in [1.29, 1.82) is 0 Å². The monoisotopic (exact) mass is 276 g/mol. The van der Waals surface area contributed by atoms with Crippen molar-refractivity contribution in [3.8, 4) is 0 Å². The summed E-state index contributed by atoms with van der Waals surface area (Å²) in [6.45, 7) is 1.39. The van der Waals surface area contributed by atoms with E-state index in [1.54, 1.807) is 0 Å². The molecule has 0 aromatic heterocycles. The lowest BCUT2D eigenvalue weighted by atomic mass is 10.2. The molecule has 1 aromatic carbocycles. The van der Waals surface area contributed by atoms with E-state index < -0.39 is 26.7 Å². The van der Waals surface area contributed by atoms with E-state index in [-0.39, 0.29) is 18.7 Å². The smallest absolute Gasteiger partial charge is 0.338 e. The lowest BCUT2D eigenvalue weighted by Crippen LogP contribution is -2.09. The third kappa shape index (κ3) is 3.58. The normalized spacial score (nSPS) is 15.9. The summed E-state index contributed by atoms with van der Waals surface area (Å²) >= 11 is 0. The van der Waals surface area contributed by atoms with Crippen molar-refractivity contribution >= 4 is 16.2 Å². The van der Waals surface area contributed by atoms with E-state index in [0.29, 0.717) is 0 Å². The molecule has 0 saturated carbocycles. The number of carbonyl (C=O) groups excluding carboxylic acids is 1. The van der Waals surface area contributed by atoms with Gasteiger partial charge in [-0.15, -0.1) is 0 Å². The van der Waals surface area contributed by atoms with Crippen LogP contribution in [0.5, 0.6) is 0 Å². The van der Waals surface area contributed by atoms with Crippen molar-refractivity contribution in [2.75, 3.05) is 6.61 Å². The van der Waals surface area contributed by atoms with Crippen LogP contribution in [0.3, 0.4) is 0 Å². The Morgan fingerprint density at radius 1 is 1.24 bits per heavy atom. The van der Waals surface area contributed by atoms with Crippen molar-refractivity contribution < 1.29 is 29.0 Å². The Morgan fingerprint density at radius 3 is 2.29 bits per heavy atom. The van der Waals surface area contributed by atoms with Crippen LogP contribution in [0.2, 0.25) is 0 Å². The summed E-state index contributed by atoms with van der Waals surface area (Å²) < 4.78 is 66.5. The van der Waals surface area contributed by atoms with Gasteiger partial charge in [0.15, 0.2) is 0 Å². The molecule has 0 N–H and O–H groups in total. The Balaban J connectivity index is 3.25. The SMILES string of the molecule is CCOC(=O)c1cccc(S(F)(F)(F)(F)F)c1. The first-order valence-electron chi connectivity index (χ1n) is 4.45. The van der Waals surface area contributed by atoms with Crippen LogP contribution in [0.25, 0.3) is 0 Å². The second-order valence-corrected chi connectivity index (χ2v) is 5.63. The molecule has 0 radical (unpaired) electrons. The zero-order chi connectivity index (χ0) is 13.4. The van der Waals surface area contributed by atoms with Gasteiger partial charge in [-0.2, -0.15) is 0 Å². The number of halogens is 5. The van der Waals surface area contributed by atoms with Crippen molar-refractivity contribution in [1.82, 2.24) is 0 Å². The Hall–Kier alpha value is -1.31. The molecule has 0 aliphatic carbocycles. The summed E-state index contributed by atoms with van der Waals surface area (Å²) in [6, 6.07) is 2.04. The molecule has 0 amide bonds. The average Bonchev–Trinajstić information content (AvgIpc) is 2.15. The summed E-state index contributed by atoms with van der Waals surface area (Å²) in [6.07, 6.45) is 0. The second kappa shape index (κ2) is 3.34. The van der Waals surface area contributed by atoms with Crippen LogP contribution < -0.4 is 0 Å². The number of benzene rings is 1. The third-order valence-corrected chi connectivity index (χ3v) is 2.94. The standard InChI is InChI=1S/C9H9F5O2S/c1-2-16-9(15)7-4-3-5-8(6-7)17(10,11,12,13)14/h3-6H,2H2,1H3. The van der Waals surface area contributed by atoms with Gasteiger partial charge in [0, 0.05) is 0 Å². The number of hydrogen-bond donors (Lipinski definition) is 0. The predicted octanol–water partition coefficient (Wildman–Crippen LogP) is 4.52. The van der Waals surface area contributed by atoms with Gasteiger partial charge in [0.25, 0.3) is 0 Å². The molecular weight excluding hydrogens is 267 g/mol. The number of carbonyl (C=O) groups is 1. The Morgan fingerprint density at radius 2 is 1.82 bits per heavy atom. The second-order valence-electron chi connectivity index (χ2n) is 3.22. The molecule has 2 nitrogen and oxygen atoms in total. The highest BCUT2D eigenvalue weighted by Gasteiger charge is 2.65. The van der Waals surface area contributed by atoms with Gasteiger partial charge < -0.3 is 4.74 Å². The molecule has 8 heteroatoms. The van der Waals surface area contributed by atoms with Crippen molar-refractivity contribution in [2.45, 2.75) is 11.8 Å². The van der Waals surface area contributed by atoms with E-state index >= 15 is 0 Å². The maximum Gasteiger partial charge on any atom is 0.338 e. The van der Waals surface area contributed by atoms with Gasteiger partial charge in [-0.1, -0.05) is 25.5 Å². The summed E-state index contributed by atoms with van der Waals surface area (Å²) in [5, 5.41) is 0. The molecule has 0 unspecified atom stereocenters. The molecule has 0 atom stereocenters. The Labute approximate surface area is 94.1 Å². The molecule has 0 aliphatic heterocycles. The molecule has 1 rings (SSSR count). The van der Waals surface area contributed by atoms with Crippen LogP contribution in [0, 0.1) is 0 Å². The van der Waals surface area contributed by atoms with Crippen LogP contribution in [0.1, 0.15) is 17.3 Å². The van der Waals surface area contributed by atoms with E-state index in [1.807, 2.05) is 0 Å². The summed E-state index contributed by atoms with van der Waals surface area (Å²) in [5.41, 5.74) is -0.558. The van der Waals surface area contributed by atoms with Crippen LogP contribution >= 0.6 is 10.2 Å². The maximum absolute atomic E-state index is 12.4. The lowest BCUT2D eigenvalue weighted by Gasteiger charge is -2.40. The van der Waals surface area contributed by atoms with E-state index in [4.69, 9.17) is 0 Å². The van der Waals surface area contributed by atoms with Crippen LogP contribution in [0.4, 0.5) is 19.4 Å². The minimum absolute atomic E-state index is 0.0561. The average molecular weight is 276 g/mol. The minimum Gasteiger partial charge on any atom is -0.462 e. The third-order valence-electron chi connectivity index (χ3n) is 1.79. The van der Waals surface area contributed by atoms with E-state index in [0.717, 1.165) is 12.1 Å². The van der Waals surface area contributed by atoms with Crippen LogP contribution in [-0.2, 0) is 4.74 Å². The zero-order valence-electron chi connectivity index (χ0n) is 8.63. The molecule has 0 saturated heterocycles.